The minimum absolute atomic E-state index is 0.245. The van der Waals surface area contributed by atoms with E-state index >= 15 is 0 Å². The molecule has 0 amide bonds. The van der Waals surface area contributed by atoms with E-state index in [2.05, 4.69) is 20.2 Å². The summed E-state index contributed by atoms with van der Waals surface area (Å²) in [5.41, 5.74) is -0.566. The van der Waals surface area contributed by atoms with Crippen LogP contribution in [0.3, 0.4) is 0 Å². The van der Waals surface area contributed by atoms with Crippen LogP contribution in [0.5, 0.6) is 0 Å². The number of likely N-dealkylation sites (tertiary alicyclic amines) is 1. The van der Waals surface area contributed by atoms with Crippen LogP contribution in [0, 0.1) is 5.41 Å². The molecule has 24 heavy (non-hydrogen) atoms. The van der Waals surface area contributed by atoms with Crippen LogP contribution >= 0.6 is 11.3 Å². The average Bonchev–Trinajstić information content (AvgIpc) is 3.26. The van der Waals surface area contributed by atoms with E-state index in [4.69, 9.17) is 4.74 Å². The Balaban J connectivity index is 1.49. The standard InChI is InChI=1S/C15H21F3N4OS/c1-19-13(22-6-3-14(9-22)4-7-23-10-14)20-5-2-12-21-11(8-24-12)15(16,17)18/h8H,2-7,9-10H2,1H3,(H,19,20). The largest absolute Gasteiger partial charge is 0.434 e. The van der Waals surface area contributed by atoms with Crippen LogP contribution < -0.4 is 5.32 Å². The van der Waals surface area contributed by atoms with E-state index in [1.165, 1.54) is 0 Å². The van der Waals surface area contributed by atoms with Crippen molar-refractivity contribution in [3.05, 3.63) is 16.1 Å². The minimum atomic E-state index is -4.37. The highest BCUT2D eigenvalue weighted by atomic mass is 32.1. The normalized spacial score (nSPS) is 25.0. The number of ether oxygens (including phenoxy) is 1. The van der Waals surface area contributed by atoms with Crippen molar-refractivity contribution < 1.29 is 17.9 Å². The first-order chi connectivity index (χ1) is 11.4. The molecule has 2 aliphatic heterocycles. The monoisotopic (exact) mass is 362 g/mol. The Morgan fingerprint density at radius 2 is 2.33 bits per heavy atom. The van der Waals surface area contributed by atoms with E-state index in [1.807, 2.05) is 0 Å². The maximum Gasteiger partial charge on any atom is 0.434 e. The predicted octanol–water partition coefficient (Wildman–Crippen LogP) is 2.39. The smallest absolute Gasteiger partial charge is 0.381 e. The van der Waals surface area contributed by atoms with Crippen LogP contribution in [0.2, 0.25) is 0 Å². The summed E-state index contributed by atoms with van der Waals surface area (Å²) in [5.74, 6) is 0.798. The molecule has 3 rings (SSSR count). The van der Waals surface area contributed by atoms with Crippen molar-refractivity contribution >= 4 is 17.3 Å². The van der Waals surface area contributed by atoms with Gasteiger partial charge in [0.05, 0.1) is 11.6 Å². The highest BCUT2D eigenvalue weighted by Gasteiger charge is 2.42. The molecule has 0 bridgehead atoms. The van der Waals surface area contributed by atoms with Crippen molar-refractivity contribution in [1.29, 1.82) is 0 Å². The second kappa shape index (κ2) is 6.87. The van der Waals surface area contributed by atoms with Gasteiger partial charge >= 0.3 is 6.18 Å². The number of halogens is 3. The van der Waals surface area contributed by atoms with Gasteiger partial charge in [-0.15, -0.1) is 11.3 Å². The number of alkyl halides is 3. The van der Waals surface area contributed by atoms with Gasteiger partial charge in [-0.3, -0.25) is 4.99 Å². The van der Waals surface area contributed by atoms with E-state index in [0.29, 0.717) is 18.0 Å². The lowest BCUT2D eigenvalue weighted by molar-refractivity contribution is -0.140. The number of thiazole rings is 1. The van der Waals surface area contributed by atoms with Crippen molar-refractivity contribution in [3.8, 4) is 0 Å². The molecule has 1 unspecified atom stereocenters. The molecule has 1 aromatic rings. The lowest BCUT2D eigenvalue weighted by Gasteiger charge is -2.24. The third-order valence-corrected chi connectivity index (χ3v) is 5.51. The van der Waals surface area contributed by atoms with Crippen LogP contribution in [-0.2, 0) is 17.3 Å². The highest BCUT2D eigenvalue weighted by molar-refractivity contribution is 7.09. The molecule has 2 fully saturated rings. The Hall–Kier alpha value is -1.35. The fourth-order valence-electron chi connectivity index (χ4n) is 3.26. The van der Waals surface area contributed by atoms with E-state index in [-0.39, 0.29) is 5.41 Å². The molecule has 1 aromatic heterocycles. The molecule has 0 aromatic carbocycles. The summed E-state index contributed by atoms with van der Waals surface area (Å²) in [6, 6.07) is 0. The predicted molar refractivity (Wildman–Crippen MR) is 86.2 cm³/mol. The summed E-state index contributed by atoms with van der Waals surface area (Å²) in [7, 11) is 1.73. The van der Waals surface area contributed by atoms with E-state index in [0.717, 1.165) is 61.8 Å². The molecule has 0 aliphatic carbocycles. The molecule has 0 radical (unpaired) electrons. The summed E-state index contributed by atoms with van der Waals surface area (Å²) in [6.07, 6.45) is -1.75. The first-order valence-corrected chi connectivity index (χ1v) is 8.85. The number of aliphatic imine (C=N–C) groups is 1. The molecular formula is C15H21F3N4OS. The van der Waals surface area contributed by atoms with Crippen molar-refractivity contribution in [3.63, 3.8) is 0 Å². The van der Waals surface area contributed by atoms with Gasteiger partial charge in [0, 0.05) is 50.5 Å². The zero-order valence-corrected chi connectivity index (χ0v) is 14.3. The Morgan fingerprint density at radius 3 is 2.96 bits per heavy atom. The van der Waals surface area contributed by atoms with E-state index in [1.54, 1.807) is 7.05 Å². The van der Waals surface area contributed by atoms with Gasteiger partial charge in [0.1, 0.15) is 0 Å². The molecule has 3 heterocycles. The van der Waals surface area contributed by atoms with Gasteiger partial charge in [-0.05, 0) is 12.8 Å². The van der Waals surface area contributed by atoms with Crippen LogP contribution in [0.15, 0.2) is 10.4 Å². The zero-order chi connectivity index (χ0) is 17.2. The number of hydrogen-bond donors (Lipinski definition) is 1. The Morgan fingerprint density at radius 1 is 1.50 bits per heavy atom. The molecule has 5 nitrogen and oxygen atoms in total. The first kappa shape index (κ1) is 17.5. The summed E-state index contributed by atoms with van der Waals surface area (Å²) < 4.78 is 43.2. The summed E-state index contributed by atoms with van der Waals surface area (Å²) in [6.45, 7) is 3.99. The molecule has 9 heteroatoms. The third-order valence-electron chi connectivity index (χ3n) is 4.60. The summed E-state index contributed by atoms with van der Waals surface area (Å²) >= 11 is 1.04. The zero-order valence-electron chi connectivity index (χ0n) is 13.5. The van der Waals surface area contributed by atoms with Gasteiger partial charge in [0.2, 0.25) is 0 Å². The quantitative estimate of drug-likeness (QED) is 0.663. The average molecular weight is 362 g/mol. The fourth-order valence-corrected chi connectivity index (χ4v) is 4.06. The van der Waals surface area contributed by atoms with Crippen LogP contribution in [0.25, 0.3) is 0 Å². The van der Waals surface area contributed by atoms with Crippen molar-refractivity contribution in [1.82, 2.24) is 15.2 Å². The number of aromatic nitrogens is 1. The maximum atomic E-state index is 12.5. The number of hydrogen-bond acceptors (Lipinski definition) is 4. The van der Waals surface area contributed by atoms with E-state index < -0.39 is 11.9 Å². The lowest BCUT2D eigenvalue weighted by Crippen LogP contribution is -2.42. The molecule has 1 spiro atoms. The van der Waals surface area contributed by atoms with Crippen LogP contribution in [-0.4, -0.2) is 55.7 Å². The van der Waals surface area contributed by atoms with Crippen molar-refractivity contribution in [2.75, 3.05) is 39.9 Å². The molecule has 134 valence electrons. The number of rotatable bonds is 3. The second-order valence-corrected chi connectivity index (χ2v) is 7.27. The van der Waals surface area contributed by atoms with E-state index in [9.17, 15) is 13.2 Å². The lowest BCUT2D eigenvalue weighted by atomic mass is 9.87. The van der Waals surface area contributed by atoms with Gasteiger partial charge in [-0.25, -0.2) is 4.98 Å². The Labute approximate surface area is 142 Å². The van der Waals surface area contributed by atoms with Gasteiger partial charge < -0.3 is 15.0 Å². The fraction of sp³-hybridized carbons (Fsp3) is 0.733. The first-order valence-electron chi connectivity index (χ1n) is 7.97. The molecule has 1 atom stereocenters. The number of nitrogens with zero attached hydrogens (tertiary/aromatic N) is 3. The molecule has 2 saturated heterocycles. The number of nitrogens with one attached hydrogen (secondary N) is 1. The van der Waals surface area contributed by atoms with Gasteiger partial charge in [0.15, 0.2) is 11.7 Å². The van der Waals surface area contributed by atoms with Gasteiger partial charge in [-0.1, -0.05) is 0 Å². The second-order valence-electron chi connectivity index (χ2n) is 6.32. The molecule has 2 aliphatic rings. The summed E-state index contributed by atoms with van der Waals surface area (Å²) in [4.78, 5) is 10.1. The summed E-state index contributed by atoms with van der Waals surface area (Å²) in [5, 5.41) is 4.78. The van der Waals surface area contributed by atoms with Crippen LogP contribution in [0.1, 0.15) is 23.5 Å². The molecule has 1 N–H and O–H groups in total. The van der Waals surface area contributed by atoms with Crippen molar-refractivity contribution in [2.24, 2.45) is 10.4 Å². The van der Waals surface area contributed by atoms with Crippen LogP contribution in [0.4, 0.5) is 13.2 Å². The molecule has 0 saturated carbocycles. The van der Waals surface area contributed by atoms with Crippen molar-refractivity contribution in [2.45, 2.75) is 25.4 Å². The minimum Gasteiger partial charge on any atom is -0.381 e. The third kappa shape index (κ3) is 3.83. The Bertz CT molecular complexity index is 596. The SMILES string of the molecule is CN=C(NCCc1nc(C(F)(F)F)cs1)N1CCC2(CCOC2)C1. The maximum absolute atomic E-state index is 12.5. The highest BCUT2D eigenvalue weighted by Crippen LogP contribution is 2.38. The topological polar surface area (TPSA) is 49.8 Å². The molecular weight excluding hydrogens is 341 g/mol. The Kier molecular flexibility index (Phi) is 5.00. The van der Waals surface area contributed by atoms with Gasteiger partial charge in [-0.2, -0.15) is 13.2 Å². The number of guanidine groups is 1. The van der Waals surface area contributed by atoms with Gasteiger partial charge in [0.25, 0.3) is 0 Å².